The van der Waals surface area contributed by atoms with Crippen LogP contribution in [-0.2, 0) is 20.9 Å². The first-order chi connectivity index (χ1) is 8.13. The molecule has 0 unspecified atom stereocenters. The number of nitrogens with one attached hydrogen (secondary N) is 1. The third-order valence-corrected chi connectivity index (χ3v) is 3.21. The van der Waals surface area contributed by atoms with Gasteiger partial charge in [-0.15, -0.1) is 0 Å². The van der Waals surface area contributed by atoms with Gasteiger partial charge in [0.05, 0.1) is 13.0 Å². The number of thiophene rings is 1. The molecule has 17 heavy (non-hydrogen) atoms. The fraction of sp³-hybridized carbons (Fsp3) is 0.500. The molecule has 0 aromatic carbocycles. The van der Waals surface area contributed by atoms with E-state index in [1.807, 2.05) is 17.7 Å². The fourth-order valence-corrected chi connectivity index (χ4v) is 2.16. The quantitative estimate of drug-likeness (QED) is 0.791. The molecule has 0 fully saturated rings. The minimum absolute atomic E-state index is 0.122. The molecule has 0 atom stereocenters. The van der Waals surface area contributed by atoms with Crippen LogP contribution in [-0.4, -0.2) is 18.5 Å². The summed E-state index contributed by atoms with van der Waals surface area (Å²) >= 11 is 1.62. The van der Waals surface area contributed by atoms with Gasteiger partial charge in [0.15, 0.2) is 0 Å². The maximum absolute atomic E-state index is 11.4. The van der Waals surface area contributed by atoms with Crippen molar-refractivity contribution in [3.63, 3.8) is 0 Å². The summed E-state index contributed by atoms with van der Waals surface area (Å²) in [5, 5.41) is 6.84. The van der Waals surface area contributed by atoms with Crippen molar-refractivity contribution in [3.8, 4) is 0 Å². The Morgan fingerprint density at radius 3 is 2.71 bits per heavy atom. The predicted octanol–water partition coefficient (Wildman–Crippen LogP) is 2.02. The predicted molar refractivity (Wildman–Crippen MR) is 66.8 cm³/mol. The molecule has 0 aliphatic rings. The highest BCUT2D eigenvalue weighted by Crippen LogP contribution is 2.12. The molecule has 0 bridgehead atoms. The second kappa shape index (κ2) is 7.06. The van der Waals surface area contributed by atoms with Crippen LogP contribution in [0.1, 0.15) is 30.9 Å². The number of aryl methyl sites for hydroxylation is 1. The molecule has 1 rings (SSSR count). The van der Waals surface area contributed by atoms with Crippen molar-refractivity contribution in [1.29, 1.82) is 0 Å². The van der Waals surface area contributed by atoms with Crippen LogP contribution in [0.25, 0.3) is 0 Å². The van der Waals surface area contributed by atoms with Gasteiger partial charge in [-0.25, -0.2) is 0 Å². The average molecular weight is 255 g/mol. The van der Waals surface area contributed by atoms with Crippen molar-refractivity contribution < 1.29 is 14.3 Å². The lowest BCUT2D eigenvalue weighted by Gasteiger charge is -2.04. The first kappa shape index (κ1) is 13.7. The number of hydrogen-bond donors (Lipinski definition) is 1. The Bertz CT molecular complexity index is 387. The third kappa shape index (κ3) is 4.99. The number of ether oxygens (including phenoxy) is 1. The summed E-state index contributed by atoms with van der Waals surface area (Å²) in [5.74, 6) is -0.446. The summed E-state index contributed by atoms with van der Waals surface area (Å²) in [6.45, 7) is 4.64. The number of carbonyl (C=O) groups excluding carboxylic acids is 2. The summed E-state index contributed by atoms with van der Waals surface area (Å²) in [5.41, 5.74) is 2.31. The average Bonchev–Trinajstić information content (AvgIpc) is 2.70. The summed E-state index contributed by atoms with van der Waals surface area (Å²) in [7, 11) is 0. The van der Waals surface area contributed by atoms with E-state index >= 15 is 0 Å². The molecule has 0 radical (unpaired) electrons. The van der Waals surface area contributed by atoms with Gasteiger partial charge in [0, 0.05) is 13.0 Å². The van der Waals surface area contributed by atoms with Crippen molar-refractivity contribution in [2.24, 2.45) is 0 Å². The van der Waals surface area contributed by atoms with E-state index in [-0.39, 0.29) is 24.7 Å². The molecule has 1 amide bonds. The van der Waals surface area contributed by atoms with Gasteiger partial charge in [-0.1, -0.05) is 0 Å². The number of rotatable bonds is 6. The van der Waals surface area contributed by atoms with Crippen molar-refractivity contribution in [2.45, 2.75) is 33.2 Å². The lowest BCUT2D eigenvalue weighted by molar-refractivity contribution is -0.144. The van der Waals surface area contributed by atoms with Crippen LogP contribution >= 0.6 is 11.3 Å². The van der Waals surface area contributed by atoms with E-state index in [4.69, 9.17) is 4.74 Å². The second-order valence-electron chi connectivity index (χ2n) is 3.66. The van der Waals surface area contributed by atoms with E-state index in [9.17, 15) is 9.59 Å². The molecule has 5 heteroatoms. The Morgan fingerprint density at radius 1 is 1.35 bits per heavy atom. The molecule has 4 nitrogen and oxygen atoms in total. The summed E-state index contributed by atoms with van der Waals surface area (Å²) < 4.78 is 4.74. The molecule has 0 aliphatic carbocycles. The van der Waals surface area contributed by atoms with Crippen LogP contribution < -0.4 is 5.32 Å². The zero-order valence-corrected chi connectivity index (χ0v) is 10.9. The highest BCUT2D eigenvalue weighted by molar-refractivity contribution is 7.08. The molecular formula is C12H17NO3S. The third-order valence-electron chi connectivity index (χ3n) is 2.30. The Morgan fingerprint density at radius 2 is 2.12 bits per heavy atom. The molecule has 0 aliphatic heterocycles. The summed E-state index contributed by atoms with van der Waals surface area (Å²) in [6, 6.07) is 0. The lowest BCUT2D eigenvalue weighted by Crippen LogP contribution is -2.23. The smallest absolute Gasteiger partial charge is 0.306 e. The minimum Gasteiger partial charge on any atom is -0.466 e. The van der Waals surface area contributed by atoms with Gasteiger partial charge in [-0.3, -0.25) is 9.59 Å². The lowest BCUT2D eigenvalue weighted by atomic mass is 10.2. The van der Waals surface area contributed by atoms with Gasteiger partial charge in [0.2, 0.25) is 5.91 Å². The Kier molecular flexibility index (Phi) is 5.69. The van der Waals surface area contributed by atoms with Gasteiger partial charge < -0.3 is 10.1 Å². The normalized spacial score (nSPS) is 10.0. The number of amides is 1. The zero-order chi connectivity index (χ0) is 12.7. The monoisotopic (exact) mass is 255 g/mol. The van der Waals surface area contributed by atoms with Gasteiger partial charge in [0.1, 0.15) is 0 Å². The largest absolute Gasteiger partial charge is 0.466 e. The molecular weight excluding hydrogens is 238 g/mol. The standard InChI is InChI=1S/C12H17NO3S/c1-3-16-12(15)5-4-11(14)13-6-10-8-17-7-9(10)2/h7-8H,3-6H2,1-2H3,(H,13,14). The van der Waals surface area contributed by atoms with Gasteiger partial charge in [0.25, 0.3) is 0 Å². The molecule has 1 aromatic heterocycles. The Hall–Kier alpha value is -1.36. The SMILES string of the molecule is CCOC(=O)CCC(=O)NCc1cscc1C. The maximum atomic E-state index is 11.4. The summed E-state index contributed by atoms with van der Waals surface area (Å²) in [6.07, 6.45) is 0.324. The van der Waals surface area contributed by atoms with Crippen LogP contribution in [0, 0.1) is 6.92 Å². The minimum atomic E-state index is -0.325. The zero-order valence-electron chi connectivity index (χ0n) is 10.1. The maximum Gasteiger partial charge on any atom is 0.306 e. The first-order valence-electron chi connectivity index (χ1n) is 5.57. The Labute approximate surface area is 105 Å². The van der Waals surface area contributed by atoms with E-state index in [0.29, 0.717) is 13.2 Å². The van der Waals surface area contributed by atoms with E-state index in [1.165, 1.54) is 5.56 Å². The van der Waals surface area contributed by atoms with Crippen molar-refractivity contribution >= 4 is 23.2 Å². The molecule has 1 heterocycles. The van der Waals surface area contributed by atoms with E-state index in [0.717, 1.165) is 5.56 Å². The van der Waals surface area contributed by atoms with E-state index < -0.39 is 0 Å². The molecule has 0 saturated carbocycles. The molecule has 94 valence electrons. The molecule has 0 saturated heterocycles. The number of esters is 1. The van der Waals surface area contributed by atoms with E-state index in [2.05, 4.69) is 5.32 Å². The van der Waals surface area contributed by atoms with Crippen LogP contribution in [0.3, 0.4) is 0 Å². The van der Waals surface area contributed by atoms with Crippen LogP contribution in [0.5, 0.6) is 0 Å². The Balaban J connectivity index is 2.22. The topological polar surface area (TPSA) is 55.4 Å². The van der Waals surface area contributed by atoms with E-state index in [1.54, 1.807) is 18.3 Å². The highest BCUT2D eigenvalue weighted by Gasteiger charge is 2.07. The molecule has 1 aromatic rings. The van der Waals surface area contributed by atoms with Crippen LogP contribution in [0.2, 0.25) is 0 Å². The van der Waals surface area contributed by atoms with Crippen molar-refractivity contribution in [1.82, 2.24) is 5.32 Å². The highest BCUT2D eigenvalue weighted by atomic mass is 32.1. The van der Waals surface area contributed by atoms with Gasteiger partial charge in [-0.05, 0) is 35.7 Å². The van der Waals surface area contributed by atoms with Gasteiger partial charge >= 0.3 is 5.97 Å². The van der Waals surface area contributed by atoms with Crippen LogP contribution in [0.15, 0.2) is 10.8 Å². The molecule has 0 spiro atoms. The van der Waals surface area contributed by atoms with Crippen molar-refractivity contribution in [3.05, 3.63) is 21.9 Å². The van der Waals surface area contributed by atoms with Crippen LogP contribution in [0.4, 0.5) is 0 Å². The van der Waals surface area contributed by atoms with Crippen molar-refractivity contribution in [2.75, 3.05) is 6.61 Å². The number of hydrogen-bond acceptors (Lipinski definition) is 4. The number of carbonyl (C=O) groups is 2. The molecule has 1 N–H and O–H groups in total. The summed E-state index contributed by atoms with van der Waals surface area (Å²) in [4.78, 5) is 22.5. The van der Waals surface area contributed by atoms with Gasteiger partial charge in [-0.2, -0.15) is 11.3 Å². The fourth-order valence-electron chi connectivity index (χ4n) is 1.30. The second-order valence-corrected chi connectivity index (χ2v) is 4.41. The first-order valence-corrected chi connectivity index (χ1v) is 6.51.